The zero-order chi connectivity index (χ0) is 14.9. The zero-order valence-electron chi connectivity index (χ0n) is 11.3. The van der Waals surface area contributed by atoms with Crippen LogP contribution < -0.4 is 9.47 Å². The van der Waals surface area contributed by atoms with Crippen LogP contribution in [0.4, 0.5) is 4.39 Å². The molecule has 0 unspecified atom stereocenters. The van der Waals surface area contributed by atoms with Crippen molar-refractivity contribution in [2.45, 2.75) is 20.8 Å². The molecule has 104 valence electrons. The summed E-state index contributed by atoms with van der Waals surface area (Å²) in [6.07, 6.45) is 0. The smallest absolute Gasteiger partial charge is 0.308 e. The molecule has 4 nitrogen and oxygen atoms in total. The topological polar surface area (TPSA) is 52.6 Å². The lowest BCUT2D eigenvalue weighted by molar-refractivity contribution is -0.132. The van der Waals surface area contributed by atoms with Crippen molar-refractivity contribution in [3.63, 3.8) is 0 Å². The first kappa shape index (κ1) is 14.0. The maximum Gasteiger partial charge on any atom is 0.308 e. The van der Waals surface area contributed by atoms with Crippen molar-refractivity contribution in [3.8, 4) is 11.5 Å². The largest absolute Gasteiger partial charge is 0.426 e. The van der Waals surface area contributed by atoms with Gasteiger partial charge in [0.15, 0.2) is 0 Å². The molecular weight excluding hydrogens is 263 g/mol. The molecule has 0 radical (unpaired) electrons. The van der Waals surface area contributed by atoms with Gasteiger partial charge in [-0.05, 0) is 36.8 Å². The van der Waals surface area contributed by atoms with Gasteiger partial charge in [0.2, 0.25) is 0 Å². The fourth-order valence-electron chi connectivity index (χ4n) is 1.99. The first-order valence-electron chi connectivity index (χ1n) is 5.98. The molecule has 2 aromatic carbocycles. The molecule has 0 N–H and O–H groups in total. The van der Waals surface area contributed by atoms with E-state index >= 15 is 0 Å². The molecular formula is C15H13FO4. The number of rotatable bonds is 2. The SMILES string of the molecule is CC(=O)Oc1cc(C)c(OC(C)=O)c2cc(F)ccc12. The Balaban J connectivity index is 2.74. The van der Waals surface area contributed by atoms with Crippen molar-refractivity contribution < 1.29 is 23.5 Å². The minimum absolute atomic E-state index is 0.267. The summed E-state index contributed by atoms with van der Waals surface area (Å²) in [4.78, 5) is 22.3. The number of esters is 2. The van der Waals surface area contributed by atoms with E-state index < -0.39 is 17.8 Å². The molecule has 20 heavy (non-hydrogen) atoms. The molecule has 0 fully saturated rings. The molecule has 0 heterocycles. The molecule has 0 aliphatic rings. The number of carbonyl (C=O) groups excluding carboxylic acids is 2. The predicted molar refractivity (Wildman–Crippen MR) is 71.3 cm³/mol. The van der Waals surface area contributed by atoms with E-state index in [0.717, 1.165) is 0 Å². The van der Waals surface area contributed by atoms with Gasteiger partial charge >= 0.3 is 11.9 Å². The van der Waals surface area contributed by atoms with Crippen LogP contribution in [0.25, 0.3) is 10.8 Å². The first-order chi connectivity index (χ1) is 9.38. The molecule has 0 bridgehead atoms. The van der Waals surface area contributed by atoms with Crippen LogP contribution in [0.5, 0.6) is 11.5 Å². The Hall–Kier alpha value is -2.43. The third-order valence-electron chi connectivity index (χ3n) is 2.70. The molecule has 0 spiro atoms. The summed E-state index contributed by atoms with van der Waals surface area (Å²) in [5.41, 5.74) is 0.578. The van der Waals surface area contributed by atoms with Crippen LogP contribution in [0.15, 0.2) is 24.3 Å². The Labute approximate surface area is 115 Å². The van der Waals surface area contributed by atoms with Gasteiger partial charge in [-0.3, -0.25) is 9.59 Å². The number of fused-ring (bicyclic) bond motifs is 1. The number of carbonyl (C=O) groups is 2. The summed E-state index contributed by atoms with van der Waals surface area (Å²) in [6, 6.07) is 5.56. The third kappa shape index (κ3) is 2.77. The Bertz CT molecular complexity index is 707. The minimum Gasteiger partial charge on any atom is -0.426 e. The summed E-state index contributed by atoms with van der Waals surface area (Å²) in [5, 5.41) is 0.889. The quantitative estimate of drug-likeness (QED) is 0.624. The highest BCUT2D eigenvalue weighted by atomic mass is 19.1. The third-order valence-corrected chi connectivity index (χ3v) is 2.70. The van der Waals surface area contributed by atoms with Gasteiger partial charge in [0.25, 0.3) is 0 Å². The summed E-state index contributed by atoms with van der Waals surface area (Å²) in [7, 11) is 0. The lowest BCUT2D eigenvalue weighted by Crippen LogP contribution is -2.06. The monoisotopic (exact) mass is 276 g/mol. The Kier molecular flexibility index (Phi) is 3.70. The van der Waals surface area contributed by atoms with E-state index in [2.05, 4.69) is 0 Å². The maximum absolute atomic E-state index is 13.4. The van der Waals surface area contributed by atoms with Crippen molar-refractivity contribution in [3.05, 3.63) is 35.6 Å². The Morgan fingerprint density at radius 3 is 2.25 bits per heavy atom. The number of aryl methyl sites for hydroxylation is 1. The van der Waals surface area contributed by atoms with E-state index in [9.17, 15) is 14.0 Å². The highest BCUT2D eigenvalue weighted by Crippen LogP contribution is 2.37. The number of benzene rings is 2. The summed E-state index contributed by atoms with van der Waals surface area (Å²) < 4.78 is 23.7. The average molecular weight is 276 g/mol. The second-order valence-corrected chi connectivity index (χ2v) is 4.40. The second kappa shape index (κ2) is 5.28. The van der Waals surface area contributed by atoms with Gasteiger partial charge in [0, 0.05) is 24.6 Å². The first-order valence-corrected chi connectivity index (χ1v) is 5.98. The van der Waals surface area contributed by atoms with Gasteiger partial charge in [-0.2, -0.15) is 0 Å². The fourth-order valence-corrected chi connectivity index (χ4v) is 1.99. The van der Waals surface area contributed by atoms with Crippen LogP contribution in [0, 0.1) is 12.7 Å². The van der Waals surface area contributed by atoms with Crippen LogP contribution in [0.1, 0.15) is 19.4 Å². The Morgan fingerprint density at radius 2 is 1.65 bits per heavy atom. The van der Waals surface area contributed by atoms with Crippen LogP contribution in [-0.4, -0.2) is 11.9 Å². The molecule has 2 aromatic rings. The second-order valence-electron chi connectivity index (χ2n) is 4.40. The zero-order valence-corrected chi connectivity index (χ0v) is 11.3. The van der Waals surface area contributed by atoms with Crippen molar-refractivity contribution in [2.75, 3.05) is 0 Å². The highest BCUT2D eigenvalue weighted by molar-refractivity contribution is 5.97. The molecule has 0 atom stereocenters. The molecule has 0 saturated heterocycles. The van der Waals surface area contributed by atoms with Crippen LogP contribution in [-0.2, 0) is 9.59 Å². The molecule has 0 aromatic heterocycles. The van der Waals surface area contributed by atoms with Crippen molar-refractivity contribution >= 4 is 22.7 Å². The van der Waals surface area contributed by atoms with E-state index in [0.29, 0.717) is 22.1 Å². The van der Waals surface area contributed by atoms with Crippen LogP contribution in [0.3, 0.4) is 0 Å². The molecule has 0 aliphatic carbocycles. The van der Waals surface area contributed by atoms with E-state index in [-0.39, 0.29) is 5.75 Å². The van der Waals surface area contributed by atoms with Crippen molar-refractivity contribution in [2.24, 2.45) is 0 Å². The van der Waals surface area contributed by atoms with Gasteiger partial charge in [-0.1, -0.05) is 0 Å². The van der Waals surface area contributed by atoms with E-state index in [4.69, 9.17) is 9.47 Å². The van der Waals surface area contributed by atoms with Crippen molar-refractivity contribution in [1.82, 2.24) is 0 Å². The van der Waals surface area contributed by atoms with E-state index in [1.165, 1.54) is 32.0 Å². The number of halogens is 1. The van der Waals surface area contributed by atoms with Crippen LogP contribution >= 0.6 is 0 Å². The van der Waals surface area contributed by atoms with E-state index in [1.807, 2.05) is 0 Å². The van der Waals surface area contributed by atoms with Crippen LogP contribution in [0.2, 0.25) is 0 Å². The predicted octanol–water partition coefficient (Wildman–Crippen LogP) is 3.14. The highest BCUT2D eigenvalue weighted by Gasteiger charge is 2.15. The maximum atomic E-state index is 13.4. The summed E-state index contributed by atoms with van der Waals surface area (Å²) in [6.45, 7) is 4.24. The van der Waals surface area contributed by atoms with E-state index in [1.54, 1.807) is 13.0 Å². The molecule has 0 amide bonds. The lowest BCUT2D eigenvalue weighted by Gasteiger charge is -2.13. The fraction of sp³-hybridized carbons (Fsp3) is 0.200. The number of hydrogen-bond donors (Lipinski definition) is 0. The van der Waals surface area contributed by atoms with Gasteiger partial charge in [0.1, 0.15) is 17.3 Å². The van der Waals surface area contributed by atoms with Gasteiger partial charge in [0.05, 0.1) is 0 Å². The number of ether oxygens (including phenoxy) is 2. The van der Waals surface area contributed by atoms with Gasteiger partial charge < -0.3 is 9.47 Å². The minimum atomic E-state index is -0.501. The van der Waals surface area contributed by atoms with Gasteiger partial charge in [-0.25, -0.2) is 4.39 Å². The van der Waals surface area contributed by atoms with Crippen molar-refractivity contribution in [1.29, 1.82) is 0 Å². The average Bonchev–Trinajstić information content (AvgIpc) is 2.32. The molecule has 5 heteroatoms. The molecule has 2 rings (SSSR count). The van der Waals surface area contributed by atoms with Gasteiger partial charge in [-0.15, -0.1) is 0 Å². The summed E-state index contributed by atoms with van der Waals surface area (Å²) >= 11 is 0. The normalized spacial score (nSPS) is 10.4. The standard InChI is InChI=1S/C15H13FO4/c1-8-6-14(19-9(2)17)12-5-4-11(16)7-13(12)15(8)20-10(3)18/h4-7H,1-3H3. The molecule has 0 saturated carbocycles. The number of hydrogen-bond acceptors (Lipinski definition) is 4. The Morgan fingerprint density at radius 1 is 1.00 bits per heavy atom. The molecule has 0 aliphatic heterocycles. The lowest BCUT2D eigenvalue weighted by atomic mass is 10.0. The summed E-state index contributed by atoms with van der Waals surface area (Å²) in [5.74, 6) is -0.872.